The van der Waals surface area contributed by atoms with Gasteiger partial charge in [-0.05, 0) is 37.1 Å². The lowest BCUT2D eigenvalue weighted by Crippen LogP contribution is -2.10. The number of nitro groups is 1. The molecule has 0 heterocycles. The second-order valence-electron chi connectivity index (χ2n) is 5.92. The lowest BCUT2D eigenvalue weighted by atomic mass is 10.1. The quantitative estimate of drug-likeness (QED) is 0.353. The van der Waals surface area contributed by atoms with Crippen molar-refractivity contribution in [2.24, 2.45) is 0 Å². The molecule has 0 spiro atoms. The van der Waals surface area contributed by atoms with Crippen LogP contribution in [0.25, 0.3) is 0 Å². The van der Waals surface area contributed by atoms with E-state index in [-0.39, 0.29) is 30.3 Å². The van der Waals surface area contributed by atoms with Gasteiger partial charge in [0, 0.05) is 6.07 Å². The first-order valence-electron chi connectivity index (χ1n) is 8.74. The number of hydrogen-bond donors (Lipinski definition) is 0. The van der Waals surface area contributed by atoms with Crippen LogP contribution in [-0.4, -0.2) is 38.8 Å². The van der Waals surface area contributed by atoms with Crippen LogP contribution in [0.3, 0.4) is 0 Å². The second-order valence-corrected chi connectivity index (χ2v) is 5.92. The topological polar surface area (TPSA) is 106 Å². The van der Waals surface area contributed by atoms with E-state index >= 15 is 0 Å². The van der Waals surface area contributed by atoms with Crippen LogP contribution >= 0.6 is 0 Å². The molecule has 0 saturated carbocycles. The molecule has 0 radical (unpaired) electrons. The summed E-state index contributed by atoms with van der Waals surface area (Å²) in [4.78, 5) is 23.4. The summed E-state index contributed by atoms with van der Waals surface area (Å²) in [7, 11) is 4.40. The third-order valence-corrected chi connectivity index (χ3v) is 4.20. The summed E-state index contributed by atoms with van der Waals surface area (Å²) in [5.41, 5.74) is 0.836. The molecule has 0 fully saturated rings. The average molecular weight is 405 g/mol. The van der Waals surface area contributed by atoms with Gasteiger partial charge in [0.05, 0.1) is 38.9 Å². The molecule has 2 aromatic rings. The van der Waals surface area contributed by atoms with Crippen molar-refractivity contribution in [3.05, 3.63) is 51.1 Å². The molecule has 0 amide bonds. The lowest BCUT2D eigenvalue weighted by molar-refractivity contribution is -0.385. The minimum Gasteiger partial charge on any atom is -0.493 e. The van der Waals surface area contributed by atoms with Crippen LogP contribution in [0, 0.1) is 17.0 Å². The highest BCUT2D eigenvalue weighted by Gasteiger charge is 2.26. The maximum atomic E-state index is 12.6. The largest absolute Gasteiger partial charge is 0.493 e. The molecule has 9 nitrogen and oxygen atoms in total. The number of methoxy groups -OCH3 is 3. The number of nitro benzene ring substituents is 1. The number of rotatable bonds is 9. The minimum absolute atomic E-state index is 0.0995. The van der Waals surface area contributed by atoms with Gasteiger partial charge >= 0.3 is 5.97 Å². The molecular weight excluding hydrogens is 382 g/mol. The van der Waals surface area contributed by atoms with Crippen molar-refractivity contribution in [1.29, 1.82) is 0 Å². The molecule has 0 unspecified atom stereocenters. The summed E-state index contributed by atoms with van der Waals surface area (Å²) in [6, 6.07) is 5.84. The van der Waals surface area contributed by atoms with E-state index in [9.17, 15) is 14.9 Å². The fourth-order valence-electron chi connectivity index (χ4n) is 2.69. The van der Waals surface area contributed by atoms with Gasteiger partial charge in [-0.2, -0.15) is 0 Å². The highest BCUT2D eigenvalue weighted by Crippen LogP contribution is 2.35. The van der Waals surface area contributed by atoms with Crippen LogP contribution in [0.5, 0.6) is 23.0 Å². The van der Waals surface area contributed by atoms with Gasteiger partial charge in [0.1, 0.15) is 12.2 Å². The summed E-state index contributed by atoms with van der Waals surface area (Å²) in [6.45, 7) is 3.75. The molecule has 2 aromatic carbocycles. The van der Waals surface area contributed by atoms with Gasteiger partial charge in [0.25, 0.3) is 5.69 Å². The molecule has 29 heavy (non-hydrogen) atoms. The van der Waals surface area contributed by atoms with Crippen molar-refractivity contribution in [2.45, 2.75) is 20.5 Å². The van der Waals surface area contributed by atoms with Gasteiger partial charge in [-0.3, -0.25) is 10.1 Å². The van der Waals surface area contributed by atoms with Gasteiger partial charge in [-0.25, -0.2) is 4.79 Å². The smallest absolute Gasteiger partial charge is 0.345 e. The molecular formula is C20H23NO8. The molecule has 0 N–H and O–H groups in total. The Labute approximate surface area is 168 Å². The summed E-state index contributed by atoms with van der Waals surface area (Å²) >= 11 is 0. The highest BCUT2D eigenvalue weighted by atomic mass is 16.6. The number of carbonyl (C=O) groups is 1. The van der Waals surface area contributed by atoms with E-state index in [0.717, 1.165) is 11.6 Å². The van der Waals surface area contributed by atoms with Crippen LogP contribution in [0.1, 0.15) is 28.4 Å². The third kappa shape index (κ3) is 4.87. The van der Waals surface area contributed by atoms with E-state index in [2.05, 4.69) is 0 Å². The number of benzene rings is 2. The van der Waals surface area contributed by atoms with E-state index in [1.165, 1.54) is 27.4 Å². The van der Waals surface area contributed by atoms with E-state index in [4.69, 9.17) is 23.7 Å². The molecule has 0 aliphatic rings. The van der Waals surface area contributed by atoms with Gasteiger partial charge in [0.15, 0.2) is 23.0 Å². The Kier molecular flexibility index (Phi) is 7.24. The number of esters is 1. The van der Waals surface area contributed by atoms with Gasteiger partial charge in [-0.1, -0.05) is 0 Å². The van der Waals surface area contributed by atoms with Crippen LogP contribution in [0.2, 0.25) is 0 Å². The van der Waals surface area contributed by atoms with Crippen LogP contribution in [-0.2, 0) is 11.3 Å². The zero-order valence-electron chi connectivity index (χ0n) is 16.9. The van der Waals surface area contributed by atoms with E-state index in [1.54, 1.807) is 19.1 Å². The Hall–Kier alpha value is -3.49. The summed E-state index contributed by atoms with van der Waals surface area (Å²) in [5.74, 6) is 0.553. The third-order valence-electron chi connectivity index (χ3n) is 4.20. The molecule has 0 bridgehead atoms. The number of ether oxygens (including phenoxy) is 5. The van der Waals surface area contributed by atoms with Crippen molar-refractivity contribution >= 4 is 11.7 Å². The fraction of sp³-hybridized carbons (Fsp3) is 0.350. The predicted molar refractivity (Wildman–Crippen MR) is 104 cm³/mol. The maximum absolute atomic E-state index is 12.6. The first-order valence-corrected chi connectivity index (χ1v) is 8.74. The van der Waals surface area contributed by atoms with Gasteiger partial charge in [0.2, 0.25) is 0 Å². The number of nitrogens with zero attached hydrogens (tertiary/aromatic N) is 1. The Balaban J connectivity index is 2.32. The van der Waals surface area contributed by atoms with E-state index < -0.39 is 16.6 Å². The van der Waals surface area contributed by atoms with Crippen molar-refractivity contribution < 1.29 is 33.4 Å². The zero-order chi connectivity index (χ0) is 21.6. The normalized spacial score (nSPS) is 10.2. The van der Waals surface area contributed by atoms with Crippen molar-refractivity contribution in [1.82, 2.24) is 0 Å². The molecule has 9 heteroatoms. The molecule has 2 rings (SSSR count). The Morgan fingerprint density at radius 1 is 0.966 bits per heavy atom. The fourth-order valence-corrected chi connectivity index (χ4v) is 2.69. The second kappa shape index (κ2) is 9.63. The standard InChI is InChI=1S/C20H23NO8/c1-6-28-19-10-15(21(23)24)14(9-18(19)27-5)20(22)29-11-13-8-17(26-4)16(25-3)7-12(13)2/h7-10H,6,11H2,1-5H3. The van der Waals surface area contributed by atoms with Crippen molar-refractivity contribution in [3.63, 3.8) is 0 Å². The van der Waals surface area contributed by atoms with Gasteiger partial charge < -0.3 is 23.7 Å². The lowest BCUT2D eigenvalue weighted by Gasteiger charge is -2.14. The van der Waals surface area contributed by atoms with E-state index in [0.29, 0.717) is 17.1 Å². The van der Waals surface area contributed by atoms with Crippen LogP contribution in [0.4, 0.5) is 5.69 Å². The molecule has 0 aromatic heterocycles. The van der Waals surface area contributed by atoms with Crippen LogP contribution < -0.4 is 18.9 Å². The maximum Gasteiger partial charge on any atom is 0.345 e. The molecule has 0 saturated heterocycles. The Morgan fingerprint density at radius 3 is 2.10 bits per heavy atom. The SMILES string of the molecule is CCOc1cc([N+](=O)[O-])c(C(=O)OCc2cc(OC)c(OC)cc2C)cc1OC. The molecule has 0 aliphatic heterocycles. The molecule has 0 aliphatic carbocycles. The predicted octanol–water partition coefficient (Wildman–Crippen LogP) is 3.68. The molecule has 0 atom stereocenters. The van der Waals surface area contributed by atoms with Crippen LogP contribution in [0.15, 0.2) is 24.3 Å². The number of hydrogen-bond acceptors (Lipinski definition) is 8. The summed E-state index contributed by atoms with van der Waals surface area (Å²) < 4.78 is 26.3. The van der Waals surface area contributed by atoms with Gasteiger partial charge in [-0.15, -0.1) is 0 Å². The van der Waals surface area contributed by atoms with Crippen molar-refractivity contribution in [2.75, 3.05) is 27.9 Å². The average Bonchev–Trinajstić information content (AvgIpc) is 2.72. The first-order chi connectivity index (χ1) is 13.9. The molecule has 156 valence electrons. The minimum atomic E-state index is -0.854. The zero-order valence-corrected chi connectivity index (χ0v) is 16.9. The summed E-state index contributed by atoms with van der Waals surface area (Å²) in [6.07, 6.45) is 0. The highest BCUT2D eigenvalue weighted by molar-refractivity contribution is 5.95. The Morgan fingerprint density at radius 2 is 1.55 bits per heavy atom. The first kappa shape index (κ1) is 21.8. The van der Waals surface area contributed by atoms with Crippen molar-refractivity contribution in [3.8, 4) is 23.0 Å². The summed E-state index contributed by atoms with van der Waals surface area (Å²) in [5, 5.41) is 11.4. The monoisotopic (exact) mass is 405 g/mol. The number of carbonyl (C=O) groups excluding carboxylic acids is 1. The Bertz CT molecular complexity index is 910. The van der Waals surface area contributed by atoms with E-state index in [1.807, 2.05) is 6.92 Å². The number of aryl methyl sites for hydroxylation is 1.